The van der Waals surface area contributed by atoms with Crippen LogP contribution in [0.2, 0.25) is 0 Å². The molecule has 7 nitrogen and oxygen atoms in total. The van der Waals surface area contributed by atoms with Crippen LogP contribution in [0.3, 0.4) is 0 Å². The fourth-order valence-electron chi connectivity index (χ4n) is 3.71. The van der Waals surface area contributed by atoms with Crippen molar-refractivity contribution in [2.45, 2.75) is 38.1 Å². The van der Waals surface area contributed by atoms with E-state index < -0.39 is 0 Å². The number of nitrogens with one attached hydrogen (secondary N) is 1. The highest BCUT2D eigenvalue weighted by atomic mass is 16.5. The number of carbonyl (C=O) groups excluding carboxylic acids is 2. The highest BCUT2D eigenvalue weighted by Gasteiger charge is 2.34. The van der Waals surface area contributed by atoms with Crippen LogP contribution < -0.4 is 15.0 Å². The third-order valence-corrected chi connectivity index (χ3v) is 5.00. The van der Waals surface area contributed by atoms with Crippen molar-refractivity contribution >= 4 is 17.5 Å². The minimum atomic E-state index is -0.291. The summed E-state index contributed by atoms with van der Waals surface area (Å²) in [6.07, 6.45) is 4.04. The van der Waals surface area contributed by atoms with E-state index >= 15 is 0 Å². The lowest BCUT2D eigenvalue weighted by Crippen LogP contribution is -2.37. The minimum Gasteiger partial charge on any atom is -0.495 e. The number of nitrogens with zero attached hydrogens (tertiary/aromatic N) is 2. The monoisotopic (exact) mass is 355 g/mol. The van der Waals surface area contributed by atoms with E-state index in [9.17, 15) is 9.59 Å². The molecule has 1 atom stereocenters. The van der Waals surface area contributed by atoms with Gasteiger partial charge in [0.15, 0.2) is 0 Å². The van der Waals surface area contributed by atoms with Gasteiger partial charge >= 0.3 is 0 Å². The normalized spacial score (nSPS) is 19.3. The molecule has 2 aromatic rings. The molecular formula is C19H21N3O4. The van der Waals surface area contributed by atoms with Crippen molar-refractivity contribution < 1.29 is 18.8 Å². The van der Waals surface area contributed by atoms with Gasteiger partial charge in [-0.2, -0.15) is 0 Å². The van der Waals surface area contributed by atoms with Crippen LogP contribution >= 0.6 is 0 Å². The lowest BCUT2D eigenvalue weighted by molar-refractivity contribution is -0.117. The number of benzene rings is 1. The molecule has 1 saturated heterocycles. The maximum Gasteiger partial charge on any atom is 0.290 e. The Balaban J connectivity index is 1.48. The molecule has 0 spiro atoms. The second-order valence-electron chi connectivity index (χ2n) is 6.69. The third-order valence-electron chi connectivity index (χ3n) is 5.00. The second-order valence-corrected chi connectivity index (χ2v) is 6.69. The fraction of sp³-hybridized carbons (Fsp3) is 0.421. The number of hydrogen-bond acceptors (Lipinski definition) is 5. The molecule has 7 heteroatoms. The van der Waals surface area contributed by atoms with Crippen molar-refractivity contribution in [2.24, 2.45) is 0 Å². The lowest BCUT2D eigenvalue weighted by Gasteiger charge is -2.19. The van der Waals surface area contributed by atoms with Gasteiger partial charge in [-0.3, -0.25) is 9.59 Å². The fourth-order valence-corrected chi connectivity index (χ4v) is 3.71. The number of methoxy groups -OCH3 is 1. The van der Waals surface area contributed by atoms with Gasteiger partial charge in [-0.25, -0.2) is 0 Å². The summed E-state index contributed by atoms with van der Waals surface area (Å²) in [5.74, 6) is 0.597. The first-order valence-electron chi connectivity index (χ1n) is 8.89. The first kappa shape index (κ1) is 16.6. The SMILES string of the molecule is COc1ccccc1N1C[C@@H](NC(=O)c2onc3c2CCCC3)CC1=O. The molecule has 1 aliphatic carbocycles. The first-order valence-corrected chi connectivity index (χ1v) is 8.89. The van der Waals surface area contributed by atoms with Gasteiger partial charge in [-0.05, 0) is 37.8 Å². The van der Waals surface area contributed by atoms with E-state index in [2.05, 4.69) is 10.5 Å². The molecule has 1 fully saturated rings. The van der Waals surface area contributed by atoms with E-state index in [4.69, 9.17) is 9.26 Å². The lowest BCUT2D eigenvalue weighted by atomic mass is 9.96. The number of anilines is 1. The molecule has 1 aromatic heterocycles. The Hall–Kier alpha value is -2.83. The summed E-state index contributed by atoms with van der Waals surface area (Å²) in [7, 11) is 1.58. The van der Waals surface area contributed by atoms with Crippen LogP contribution in [-0.2, 0) is 17.6 Å². The van der Waals surface area contributed by atoms with Gasteiger partial charge < -0.3 is 19.5 Å². The molecule has 2 aliphatic rings. The Morgan fingerprint density at radius 1 is 1.31 bits per heavy atom. The molecule has 4 rings (SSSR count). The number of aryl methyl sites for hydroxylation is 1. The Labute approximate surface area is 151 Å². The molecule has 1 aromatic carbocycles. The van der Waals surface area contributed by atoms with Gasteiger partial charge in [-0.1, -0.05) is 17.3 Å². The zero-order chi connectivity index (χ0) is 18.1. The Bertz CT molecular complexity index is 845. The largest absolute Gasteiger partial charge is 0.495 e. The molecule has 1 aliphatic heterocycles. The predicted molar refractivity (Wildman–Crippen MR) is 94.4 cm³/mol. The highest BCUT2D eigenvalue weighted by Crippen LogP contribution is 2.31. The number of ether oxygens (including phenoxy) is 1. The van der Waals surface area contributed by atoms with Crippen molar-refractivity contribution in [2.75, 3.05) is 18.6 Å². The van der Waals surface area contributed by atoms with Crippen LogP contribution in [0.1, 0.15) is 41.1 Å². The van der Waals surface area contributed by atoms with Gasteiger partial charge in [0.05, 0.1) is 24.5 Å². The third kappa shape index (κ3) is 2.94. The number of rotatable bonds is 4. The van der Waals surface area contributed by atoms with Crippen LogP contribution in [0.4, 0.5) is 5.69 Å². The van der Waals surface area contributed by atoms with Crippen molar-refractivity contribution in [3.8, 4) is 5.75 Å². The van der Waals surface area contributed by atoms with E-state index in [0.29, 0.717) is 23.7 Å². The highest BCUT2D eigenvalue weighted by molar-refractivity contribution is 5.99. The van der Waals surface area contributed by atoms with Gasteiger partial charge in [0, 0.05) is 18.5 Å². The number of aromatic nitrogens is 1. The molecule has 0 unspecified atom stereocenters. The number of carbonyl (C=O) groups is 2. The molecule has 2 heterocycles. The zero-order valence-corrected chi connectivity index (χ0v) is 14.7. The summed E-state index contributed by atoms with van der Waals surface area (Å²) in [6, 6.07) is 7.10. The van der Waals surface area contributed by atoms with E-state index in [1.165, 1.54) is 0 Å². The standard InChI is InChI=1S/C19H21N3O4/c1-25-16-9-5-4-8-15(16)22-11-12(10-17(22)23)20-19(24)18-13-6-2-3-7-14(13)21-26-18/h4-5,8-9,12H,2-3,6-7,10-11H2,1H3,(H,20,24)/t12-/m0/s1. The average Bonchev–Trinajstić information content (AvgIpc) is 3.25. The van der Waals surface area contributed by atoms with Crippen LogP contribution in [0.25, 0.3) is 0 Å². The van der Waals surface area contributed by atoms with Crippen LogP contribution in [0.15, 0.2) is 28.8 Å². The molecule has 1 N–H and O–H groups in total. The number of para-hydroxylation sites is 2. The van der Waals surface area contributed by atoms with E-state index in [0.717, 1.165) is 36.9 Å². The topological polar surface area (TPSA) is 84.7 Å². The number of fused-ring (bicyclic) bond motifs is 1. The summed E-state index contributed by atoms with van der Waals surface area (Å²) in [6.45, 7) is 0.404. The second kappa shape index (κ2) is 6.82. The van der Waals surface area contributed by atoms with Gasteiger partial charge in [0.25, 0.3) is 5.91 Å². The van der Waals surface area contributed by atoms with E-state index in [1.54, 1.807) is 12.0 Å². The molecule has 0 radical (unpaired) electrons. The average molecular weight is 355 g/mol. The summed E-state index contributed by atoms with van der Waals surface area (Å²) >= 11 is 0. The maximum absolute atomic E-state index is 12.6. The predicted octanol–water partition coefficient (Wildman–Crippen LogP) is 2.10. The van der Waals surface area contributed by atoms with Crippen molar-refractivity contribution in [1.82, 2.24) is 10.5 Å². The van der Waals surface area contributed by atoms with E-state index in [-0.39, 0.29) is 24.3 Å². The van der Waals surface area contributed by atoms with Crippen LogP contribution in [0.5, 0.6) is 5.75 Å². The quantitative estimate of drug-likeness (QED) is 0.908. The molecular weight excluding hydrogens is 334 g/mol. The Kier molecular flexibility index (Phi) is 4.36. The minimum absolute atomic E-state index is 0.0422. The Morgan fingerprint density at radius 2 is 2.12 bits per heavy atom. The van der Waals surface area contributed by atoms with Gasteiger partial charge in [0.2, 0.25) is 11.7 Å². The van der Waals surface area contributed by atoms with Crippen LogP contribution in [0, 0.1) is 0 Å². The van der Waals surface area contributed by atoms with Gasteiger partial charge in [0.1, 0.15) is 5.75 Å². The summed E-state index contributed by atoms with van der Waals surface area (Å²) in [4.78, 5) is 26.7. The summed E-state index contributed by atoms with van der Waals surface area (Å²) < 4.78 is 10.6. The summed E-state index contributed by atoms with van der Waals surface area (Å²) in [5, 5.41) is 6.95. The maximum atomic E-state index is 12.6. The van der Waals surface area contributed by atoms with E-state index in [1.807, 2.05) is 24.3 Å². The number of amides is 2. The molecule has 0 bridgehead atoms. The summed E-state index contributed by atoms with van der Waals surface area (Å²) in [5.41, 5.74) is 2.52. The number of hydrogen-bond donors (Lipinski definition) is 1. The van der Waals surface area contributed by atoms with Crippen LogP contribution in [-0.4, -0.2) is 36.7 Å². The zero-order valence-electron chi connectivity index (χ0n) is 14.7. The first-order chi connectivity index (χ1) is 12.7. The molecule has 136 valence electrons. The molecule has 26 heavy (non-hydrogen) atoms. The molecule has 2 amide bonds. The van der Waals surface area contributed by atoms with Crippen molar-refractivity contribution in [3.63, 3.8) is 0 Å². The molecule has 0 saturated carbocycles. The van der Waals surface area contributed by atoms with Crippen molar-refractivity contribution in [3.05, 3.63) is 41.3 Å². The van der Waals surface area contributed by atoms with Gasteiger partial charge in [-0.15, -0.1) is 0 Å². The smallest absolute Gasteiger partial charge is 0.290 e. The Morgan fingerprint density at radius 3 is 2.96 bits per heavy atom. The van der Waals surface area contributed by atoms with Crippen molar-refractivity contribution in [1.29, 1.82) is 0 Å².